The maximum atomic E-state index is 14.3. The summed E-state index contributed by atoms with van der Waals surface area (Å²) in [6, 6.07) is 30.6. The Bertz CT molecular complexity index is 1050. The number of hydrogen-bond donors (Lipinski definition) is 1. The van der Waals surface area contributed by atoms with E-state index in [4.69, 9.17) is 0 Å². The van der Waals surface area contributed by atoms with Crippen molar-refractivity contribution in [3.05, 3.63) is 103 Å². The minimum absolute atomic E-state index is 0.191. The van der Waals surface area contributed by atoms with Gasteiger partial charge < -0.3 is 9.67 Å². The minimum Gasteiger partial charge on any atom is -0.508 e. The lowest BCUT2D eigenvalue weighted by atomic mass is 10.0. The van der Waals surface area contributed by atoms with Gasteiger partial charge in [-0.1, -0.05) is 91.0 Å². The molecule has 2 nitrogen and oxygen atoms in total. The van der Waals surface area contributed by atoms with Crippen LogP contribution >= 0.6 is 7.14 Å². The van der Waals surface area contributed by atoms with Crippen molar-refractivity contribution in [3.63, 3.8) is 0 Å². The Kier molecular flexibility index (Phi) is 4.36. The van der Waals surface area contributed by atoms with Gasteiger partial charge in [-0.15, -0.1) is 0 Å². The maximum absolute atomic E-state index is 14.3. The normalized spacial score (nSPS) is 11.5. The van der Waals surface area contributed by atoms with E-state index in [0.29, 0.717) is 0 Å². The van der Waals surface area contributed by atoms with Crippen LogP contribution < -0.4 is 10.6 Å². The molecule has 4 aromatic carbocycles. The van der Waals surface area contributed by atoms with E-state index >= 15 is 0 Å². The molecule has 0 aromatic heterocycles. The van der Waals surface area contributed by atoms with E-state index < -0.39 is 7.14 Å². The molecule has 4 aromatic rings. The quantitative estimate of drug-likeness (QED) is 0.518. The molecule has 0 saturated heterocycles. The predicted octanol–water partition coefficient (Wildman–Crippen LogP) is 5.06. The molecule has 0 radical (unpaired) electrons. The SMILES string of the molecule is O=P(Cc1c(O)ccc2ccccc12)(c1ccccc1)c1ccccc1. The molecule has 3 heteroatoms. The summed E-state index contributed by atoms with van der Waals surface area (Å²) in [5, 5.41) is 14.1. The summed E-state index contributed by atoms with van der Waals surface area (Å²) < 4.78 is 14.3. The molecule has 26 heavy (non-hydrogen) atoms. The highest BCUT2D eigenvalue weighted by molar-refractivity contribution is 7.78. The molecule has 0 aliphatic rings. The predicted molar refractivity (Wildman–Crippen MR) is 109 cm³/mol. The number of fused-ring (bicyclic) bond motifs is 1. The topological polar surface area (TPSA) is 37.3 Å². The van der Waals surface area contributed by atoms with Crippen LogP contribution in [0.5, 0.6) is 5.75 Å². The number of phenols is 1. The average molecular weight is 358 g/mol. The Labute approximate surface area is 153 Å². The van der Waals surface area contributed by atoms with Crippen LogP contribution in [-0.4, -0.2) is 5.11 Å². The smallest absolute Gasteiger partial charge is 0.147 e. The highest BCUT2D eigenvalue weighted by Gasteiger charge is 2.29. The third kappa shape index (κ3) is 2.94. The molecule has 0 heterocycles. The lowest BCUT2D eigenvalue weighted by molar-refractivity contribution is 0.471. The monoisotopic (exact) mass is 358 g/mol. The first-order valence-corrected chi connectivity index (χ1v) is 10.5. The van der Waals surface area contributed by atoms with Gasteiger partial charge in [0.15, 0.2) is 0 Å². The van der Waals surface area contributed by atoms with E-state index in [9.17, 15) is 9.67 Å². The zero-order valence-corrected chi connectivity index (χ0v) is 15.1. The van der Waals surface area contributed by atoms with Gasteiger partial charge in [0.25, 0.3) is 0 Å². The molecular formula is C23H19O2P. The van der Waals surface area contributed by atoms with Crippen molar-refractivity contribution >= 4 is 28.5 Å². The van der Waals surface area contributed by atoms with Gasteiger partial charge in [0.1, 0.15) is 12.9 Å². The lowest BCUT2D eigenvalue weighted by Crippen LogP contribution is -2.17. The highest BCUT2D eigenvalue weighted by Crippen LogP contribution is 2.49. The fourth-order valence-corrected chi connectivity index (χ4v) is 6.13. The van der Waals surface area contributed by atoms with Crippen LogP contribution in [0.4, 0.5) is 0 Å². The van der Waals surface area contributed by atoms with Gasteiger partial charge in [-0.05, 0) is 16.8 Å². The number of aromatic hydroxyl groups is 1. The van der Waals surface area contributed by atoms with Gasteiger partial charge in [-0.2, -0.15) is 0 Å². The van der Waals surface area contributed by atoms with Crippen LogP contribution in [-0.2, 0) is 10.7 Å². The van der Waals surface area contributed by atoms with E-state index in [2.05, 4.69) is 0 Å². The maximum Gasteiger partial charge on any atom is 0.147 e. The van der Waals surface area contributed by atoms with Crippen LogP contribution in [0.2, 0.25) is 0 Å². The summed E-state index contributed by atoms with van der Waals surface area (Å²) in [6.07, 6.45) is 0.286. The molecule has 0 amide bonds. The van der Waals surface area contributed by atoms with Gasteiger partial charge in [-0.3, -0.25) is 0 Å². The van der Waals surface area contributed by atoms with Crippen LogP contribution in [0.25, 0.3) is 10.8 Å². The molecule has 0 atom stereocenters. The molecule has 0 spiro atoms. The first-order chi connectivity index (χ1) is 12.7. The summed E-state index contributed by atoms with van der Waals surface area (Å²) in [7, 11) is -2.94. The molecule has 0 bridgehead atoms. The van der Waals surface area contributed by atoms with E-state index in [1.54, 1.807) is 6.07 Å². The summed E-state index contributed by atoms with van der Waals surface area (Å²) in [5.41, 5.74) is 0.735. The number of hydrogen-bond acceptors (Lipinski definition) is 2. The lowest BCUT2D eigenvalue weighted by Gasteiger charge is -2.21. The fourth-order valence-electron chi connectivity index (χ4n) is 3.38. The van der Waals surface area contributed by atoms with Gasteiger partial charge in [0.2, 0.25) is 0 Å². The molecule has 0 aliphatic carbocycles. The van der Waals surface area contributed by atoms with E-state index in [1.807, 2.05) is 91.0 Å². The van der Waals surface area contributed by atoms with Crippen molar-refractivity contribution in [2.75, 3.05) is 0 Å². The van der Waals surface area contributed by atoms with Gasteiger partial charge >= 0.3 is 0 Å². The summed E-state index contributed by atoms with van der Waals surface area (Å²) in [4.78, 5) is 0. The first kappa shape index (κ1) is 16.6. The summed E-state index contributed by atoms with van der Waals surface area (Å²) in [5.74, 6) is 0.191. The van der Waals surface area contributed by atoms with Crippen molar-refractivity contribution in [2.45, 2.75) is 6.16 Å². The second-order valence-corrected chi connectivity index (χ2v) is 9.18. The summed E-state index contributed by atoms with van der Waals surface area (Å²) >= 11 is 0. The highest BCUT2D eigenvalue weighted by atomic mass is 31.2. The molecule has 0 unspecified atom stereocenters. The molecule has 1 N–H and O–H groups in total. The molecule has 0 aliphatic heterocycles. The molecule has 4 rings (SSSR count). The van der Waals surface area contributed by atoms with Gasteiger partial charge in [0, 0.05) is 22.3 Å². The molecule has 128 valence electrons. The Morgan fingerprint density at radius 1 is 0.654 bits per heavy atom. The molecule has 0 saturated carbocycles. The van der Waals surface area contributed by atoms with Crippen molar-refractivity contribution in [1.29, 1.82) is 0 Å². The van der Waals surface area contributed by atoms with Crippen molar-refractivity contribution < 1.29 is 9.67 Å². The minimum atomic E-state index is -2.94. The van der Waals surface area contributed by atoms with Gasteiger partial charge in [0.05, 0.1) is 0 Å². The van der Waals surface area contributed by atoms with Crippen LogP contribution in [0.3, 0.4) is 0 Å². The first-order valence-electron chi connectivity index (χ1n) is 8.58. The largest absolute Gasteiger partial charge is 0.508 e. The van der Waals surface area contributed by atoms with E-state index in [-0.39, 0.29) is 11.9 Å². The van der Waals surface area contributed by atoms with Crippen LogP contribution in [0.15, 0.2) is 97.1 Å². The van der Waals surface area contributed by atoms with Crippen LogP contribution in [0, 0.1) is 0 Å². The third-order valence-corrected chi connectivity index (χ3v) is 7.77. The second kappa shape index (κ2) is 6.82. The third-order valence-electron chi connectivity index (χ3n) is 4.74. The Morgan fingerprint density at radius 2 is 1.19 bits per heavy atom. The molecular weight excluding hydrogens is 339 g/mol. The van der Waals surface area contributed by atoms with E-state index in [0.717, 1.165) is 26.9 Å². The average Bonchev–Trinajstić information content (AvgIpc) is 2.71. The zero-order chi connectivity index (χ0) is 18.0. The van der Waals surface area contributed by atoms with Gasteiger partial charge in [-0.25, -0.2) is 0 Å². The van der Waals surface area contributed by atoms with Crippen molar-refractivity contribution in [2.24, 2.45) is 0 Å². The Morgan fingerprint density at radius 3 is 1.81 bits per heavy atom. The summed E-state index contributed by atoms with van der Waals surface area (Å²) in [6.45, 7) is 0. The zero-order valence-electron chi connectivity index (χ0n) is 14.2. The second-order valence-electron chi connectivity index (χ2n) is 6.35. The molecule has 0 fully saturated rings. The Balaban J connectivity index is 1.93. The number of benzene rings is 4. The fraction of sp³-hybridized carbons (Fsp3) is 0.0435. The van der Waals surface area contributed by atoms with Crippen LogP contribution in [0.1, 0.15) is 5.56 Å². The van der Waals surface area contributed by atoms with E-state index in [1.165, 1.54) is 0 Å². The van der Waals surface area contributed by atoms with Crippen molar-refractivity contribution in [1.82, 2.24) is 0 Å². The number of phenolic OH excluding ortho intramolecular Hbond substituents is 1. The number of rotatable bonds is 4. The van der Waals surface area contributed by atoms with Crippen molar-refractivity contribution in [3.8, 4) is 5.75 Å². The standard InChI is InChI=1S/C23H19O2P/c24-23-16-15-18-9-7-8-14-21(18)22(23)17-26(25,19-10-3-1-4-11-19)20-12-5-2-6-13-20/h1-16,24H,17H2. The Hall–Kier alpha value is -2.83.